The molecule has 2 heterocycles. The van der Waals surface area contributed by atoms with Crippen LogP contribution in [0, 0.1) is 0 Å². The topological polar surface area (TPSA) is 81.8 Å². The van der Waals surface area contributed by atoms with Gasteiger partial charge in [-0.25, -0.2) is 0 Å². The number of aromatic nitrogens is 1. The fraction of sp³-hybridized carbons (Fsp3) is 0.250. The molecule has 0 radical (unpaired) electrons. The molecule has 0 bridgehead atoms. The lowest BCUT2D eigenvalue weighted by Crippen LogP contribution is -2.25. The first-order valence-electron chi connectivity index (χ1n) is 11.6. The molecule has 0 fully saturated rings. The van der Waals surface area contributed by atoms with Crippen LogP contribution in [0.5, 0.6) is 23.0 Å². The highest BCUT2D eigenvalue weighted by Crippen LogP contribution is 2.45. The van der Waals surface area contributed by atoms with Crippen LogP contribution in [0.1, 0.15) is 29.0 Å². The van der Waals surface area contributed by atoms with Gasteiger partial charge in [0.2, 0.25) is 11.7 Å². The van der Waals surface area contributed by atoms with Crippen molar-refractivity contribution in [3.05, 3.63) is 83.6 Å². The number of amides is 1. The van der Waals surface area contributed by atoms with E-state index >= 15 is 0 Å². The minimum Gasteiger partial charge on any atom is -0.496 e. The van der Waals surface area contributed by atoms with E-state index in [9.17, 15) is 4.79 Å². The molecule has 1 aliphatic heterocycles. The van der Waals surface area contributed by atoms with Crippen LogP contribution in [-0.4, -0.2) is 38.3 Å². The van der Waals surface area contributed by atoms with Gasteiger partial charge in [-0.05, 0) is 41.0 Å². The SMILES string of the molecule is COc1cc(C(CC(=O)NCc2ccccc2)c2c[nH]c3cccc(OC)c23)cc2c1OCCO2. The Morgan fingerprint density at radius 1 is 1.00 bits per heavy atom. The molecular formula is C28H28N2O5. The summed E-state index contributed by atoms with van der Waals surface area (Å²) in [5, 5.41) is 4.01. The van der Waals surface area contributed by atoms with Crippen molar-refractivity contribution in [2.45, 2.75) is 18.9 Å². The smallest absolute Gasteiger partial charge is 0.221 e. The molecule has 7 heteroatoms. The monoisotopic (exact) mass is 472 g/mol. The Hall–Kier alpha value is -4.13. The van der Waals surface area contributed by atoms with Crippen molar-refractivity contribution in [1.29, 1.82) is 0 Å². The van der Waals surface area contributed by atoms with E-state index < -0.39 is 0 Å². The molecule has 2 N–H and O–H groups in total. The van der Waals surface area contributed by atoms with Crippen LogP contribution in [0.15, 0.2) is 66.9 Å². The maximum Gasteiger partial charge on any atom is 0.221 e. The molecule has 1 aliphatic rings. The first-order chi connectivity index (χ1) is 17.2. The summed E-state index contributed by atoms with van der Waals surface area (Å²) >= 11 is 0. The second-order valence-corrected chi connectivity index (χ2v) is 8.39. The summed E-state index contributed by atoms with van der Waals surface area (Å²) in [4.78, 5) is 16.5. The lowest BCUT2D eigenvalue weighted by Gasteiger charge is -2.24. The number of ether oxygens (including phenoxy) is 4. The van der Waals surface area contributed by atoms with Crippen molar-refractivity contribution in [2.75, 3.05) is 27.4 Å². The number of hydrogen-bond donors (Lipinski definition) is 2. The highest BCUT2D eigenvalue weighted by Gasteiger charge is 2.27. The summed E-state index contributed by atoms with van der Waals surface area (Å²) in [6.45, 7) is 1.39. The number of carbonyl (C=O) groups excluding carboxylic acids is 1. The summed E-state index contributed by atoms with van der Waals surface area (Å²) < 4.78 is 23.0. The summed E-state index contributed by atoms with van der Waals surface area (Å²) in [5.41, 5.74) is 3.85. The lowest BCUT2D eigenvalue weighted by atomic mass is 9.87. The molecule has 1 unspecified atom stereocenters. The largest absolute Gasteiger partial charge is 0.496 e. The van der Waals surface area contributed by atoms with Gasteiger partial charge in [-0.2, -0.15) is 0 Å². The first kappa shape index (κ1) is 22.7. The number of fused-ring (bicyclic) bond motifs is 2. The Balaban J connectivity index is 1.54. The third kappa shape index (κ3) is 4.62. The molecule has 7 nitrogen and oxygen atoms in total. The summed E-state index contributed by atoms with van der Waals surface area (Å²) in [5.74, 6) is 2.20. The Labute approximate surface area is 204 Å². The van der Waals surface area contributed by atoms with Crippen molar-refractivity contribution >= 4 is 16.8 Å². The van der Waals surface area contributed by atoms with Crippen molar-refractivity contribution in [3.63, 3.8) is 0 Å². The zero-order valence-electron chi connectivity index (χ0n) is 19.8. The number of benzene rings is 3. The van der Waals surface area contributed by atoms with Crippen LogP contribution in [0.2, 0.25) is 0 Å². The molecule has 180 valence electrons. The highest BCUT2D eigenvalue weighted by molar-refractivity contribution is 5.91. The van der Waals surface area contributed by atoms with Crippen LogP contribution >= 0.6 is 0 Å². The third-order valence-corrected chi connectivity index (χ3v) is 6.27. The van der Waals surface area contributed by atoms with E-state index in [4.69, 9.17) is 18.9 Å². The van der Waals surface area contributed by atoms with Gasteiger partial charge in [0.1, 0.15) is 19.0 Å². The lowest BCUT2D eigenvalue weighted by molar-refractivity contribution is -0.121. The molecule has 1 aromatic heterocycles. The van der Waals surface area contributed by atoms with Crippen LogP contribution in [0.4, 0.5) is 0 Å². The van der Waals surface area contributed by atoms with Gasteiger partial charge in [-0.1, -0.05) is 36.4 Å². The van der Waals surface area contributed by atoms with E-state index in [2.05, 4.69) is 10.3 Å². The Kier molecular flexibility index (Phi) is 6.48. The van der Waals surface area contributed by atoms with Gasteiger partial charge in [-0.3, -0.25) is 4.79 Å². The fourth-order valence-electron chi connectivity index (χ4n) is 4.58. The van der Waals surface area contributed by atoms with Gasteiger partial charge in [0, 0.05) is 36.0 Å². The van der Waals surface area contributed by atoms with Gasteiger partial charge in [0.15, 0.2) is 11.5 Å². The average Bonchev–Trinajstić information content (AvgIpc) is 3.34. The molecule has 5 rings (SSSR count). The van der Waals surface area contributed by atoms with E-state index in [0.29, 0.717) is 37.0 Å². The van der Waals surface area contributed by atoms with Gasteiger partial charge in [-0.15, -0.1) is 0 Å². The van der Waals surface area contributed by atoms with Gasteiger partial charge in [0.25, 0.3) is 0 Å². The average molecular weight is 473 g/mol. The predicted octanol–water partition coefficient (Wildman–Crippen LogP) is 4.79. The van der Waals surface area contributed by atoms with E-state index in [0.717, 1.165) is 33.3 Å². The number of carbonyl (C=O) groups is 1. The van der Waals surface area contributed by atoms with Gasteiger partial charge < -0.3 is 29.2 Å². The van der Waals surface area contributed by atoms with Crippen molar-refractivity contribution in [3.8, 4) is 23.0 Å². The molecule has 4 aromatic rings. The standard InChI is InChI=1S/C28H28N2O5/c1-32-23-10-6-9-22-27(23)21(17-29-22)20(15-26(31)30-16-18-7-4-3-5-8-18)19-13-24(33-2)28-25(14-19)34-11-12-35-28/h3-10,13-14,17,20,29H,11-12,15-16H2,1-2H3,(H,30,31). The minimum atomic E-state index is -0.277. The molecule has 0 saturated heterocycles. The van der Waals surface area contributed by atoms with E-state index in [-0.39, 0.29) is 18.2 Å². The van der Waals surface area contributed by atoms with E-state index in [1.807, 2.05) is 66.9 Å². The highest BCUT2D eigenvalue weighted by atomic mass is 16.6. The summed E-state index contributed by atoms with van der Waals surface area (Å²) in [7, 11) is 3.26. The fourth-order valence-corrected chi connectivity index (χ4v) is 4.58. The maximum atomic E-state index is 13.2. The molecule has 35 heavy (non-hydrogen) atoms. The zero-order valence-corrected chi connectivity index (χ0v) is 19.8. The molecule has 1 amide bonds. The Morgan fingerprint density at radius 2 is 1.80 bits per heavy atom. The number of rotatable bonds is 8. The van der Waals surface area contributed by atoms with E-state index in [1.165, 1.54) is 0 Å². The Bertz CT molecular complexity index is 1310. The number of methoxy groups -OCH3 is 2. The second kappa shape index (κ2) is 10.0. The first-order valence-corrected chi connectivity index (χ1v) is 11.6. The molecule has 0 saturated carbocycles. The van der Waals surface area contributed by atoms with Crippen molar-refractivity contribution < 1.29 is 23.7 Å². The minimum absolute atomic E-state index is 0.0584. The molecule has 0 spiro atoms. The number of nitrogens with one attached hydrogen (secondary N) is 2. The predicted molar refractivity (Wildman–Crippen MR) is 134 cm³/mol. The van der Waals surface area contributed by atoms with Crippen LogP contribution in [0.3, 0.4) is 0 Å². The summed E-state index contributed by atoms with van der Waals surface area (Å²) in [6.07, 6.45) is 2.19. The number of aromatic amines is 1. The zero-order chi connectivity index (χ0) is 24.2. The van der Waals surface area contributed by atoms with Crippen LogP contribution < -0.4 is 24.3 Å². The summed E-state index contributed by atoms with van der Waals surface area (Å²) in [6, 6.07) is 19.6. The molecule has 0 aliphatic carbocycles. The maximum absolute atomic E-state index is 13.2. The molecule has 3 aromatic carbocycles. The third-order valence-electron chi connectivity index (χ3n) is 6.27. The number of H-pyrrole nitrogens is 1. The van der Waals surface area contributed by atoms with Gasteiger partial charge in [0.05, 0.1) is 14.2 Å². The van der Waals surface area contributed by atoms with Crippen molar-refractivity contribution in [2.24, 2.45) is 0 Å². The van der Waals surface area contributed by atoms with Crippen LogP contribution in [0.25, 0.3) is 10.9 Å². The van der Waals surface area contributed by atoms with E-state index in [1.54, 1.807) is 14.2 Å². The Morgan fingerprint density at radius 3 is 2.60 bits per heavy atom. The van der Waals surface area contributed by atoms with Gasteiger partial charge >= 0.3 is 0 Å². The molecular weight excluding hydrogens is 444 g/mol. The van der Waals surface area contributed by atoms with Crippen LogP contribution in [-0.2, 0) is 11.3 Å². The number of hydrogen-bond acceptors (Lipinski definition) is 5. The quantitative estimate of drug-likeness (QED) is 0.385. The van der Waals surface area contributed by atoms with Crippen molar-refractivity contribution in [1.82, 2.24) is 10.3 Å². The molecule has 1 atom stereocenters. The normalized spacial score (nSPS) is 13.3. The second-order valence-electron chi connectivity index (χ2n) is 8.39.